The van der Waals surface area contributed by atoms with E-state index in [4.69, 9.17) is 0 Å². The average Bonchev–Trinajstić information content (AvgIpc) is 3.25. The van der Waals surface area contributed by atoms with Gasteiger partial charge in [-0.1, -0.05) is 6.07 Å². The molecule has 0 saturated heterocycles. The fraction of sp³-hybridized carbons (Fsp3) is 0.703. The molecule has 3 amide bonds. The summed E-state index contributed by atoms with van der Waals surface area (Å²) in [4.78, 5) is 85.3. The van der Waals surface area contributed by atoms with Crippen molar-refractivity contribution in [3.63, 3.8) is 0 Å². The number of carboxylic acid groups (broad SMARTS) is 3. The maximum atomic E-state index is 13.1. The minimum atomic E-state index is -1.91. The second-order valence-corrected chi connectivity index (χ2v) is 15.3. The van der Waals surface area contributed by atoms with Gasteiger partial charge in [0.25, 0.3) is 0 Å². The third-order valence-corrected chi connectivity index (χ3v) is 10.7. The molecule has 0 fully saturated rings. The Hall–Kier alpha value is -4.51. The molecule has 2 bridgehead atoms. The first-order valence-electron chi connectivity index (χ1n) is 19.6. The Morgan fingerprint density at radius 2 is 0.823 bits per heavy atom. The molecule has 3 unspecified atom stereocenters. The number of hydrogen-bond acceptors (Lipinski definition) is 22. The molecule has 2 heterocycles. The van der Waals surface area contributed by atoms with E-state index >= 15 is 0 Å². The van der Waals surface area contributed by atoms with Gasteiger partial charge in [0, 0.05) is 64.6 Å². The smallest absolute Gasteiger partial charge is 0.222 e. The zero-order chi connectivity index (χ0) is 46.7. The van der Waals surface area contributed by atoms with Crippen molar-refractivity contribution in [2.75, 3.05) is 85.6 Å². The van der Waals surface area contributed by atoms with Gasteiger partial charge in [-0.15, -0.1) is 0 Å². The van der Waals surface area contributed by atoms with Gasteiger partial charge in [-0.05, 0) is 25.0 Å². The normalized spacial score (nSPS) is 16.5. The number of rotatable bonds is 26. The quantitative estimate of drug-likeness (QED) is 0.0411. The van der Waals surface area contributed by atoms with Gasteiger partial charge in [0.1, 0.15) is 16.6 Å². The molecule has 2 rings (SSSR count). The summed E-state index contributed by atoms with van der Waals surface area (Å²) in [5.74, 6) is -7.94. The number of carbonyl (C=O) groups excluding carboxylic acids is 6. The molecule has 1 aliphatic heterocycles. The molecule has 1 aromatic heterocycles. The SMILES string of the molecule is O=C(CCC(C(=O)[O-])N1CCN(C(CCC(=O)NC(CO)(CO)CO)C(=O)[O-])Cc2cccc(n2)CN(C(CC(=O)NC(CO)(CO)CO)C(=O)[O-])CC1)NC(CO)(CO)CO. The number of carboxylic acids is 3. The molecule has 352 valence electrons. The molecule has 3 atom stereocenters. The zero-order valence-corrected chi connectivity index (χ0v) is 34.1. The molecule has 1 aliphatic rings. The largest absolute Gasteiger partial charge is 0.548 e. The lowest BCUT2D eigenvalue weighted by molar-refractivity contribution is -0.314. The second kappa shape index (κ2) is 25.6. The molecule has 12 N–H and O–H groups in total. The maximum Gasteiger partial charge on any atom is 0.222 e. The van der Waals surface area contributed by atoms with Crippen LogP contribution in [0.15, 0.2) is 18.2 Å². The predicted octanol–water partition coefficient (Wildman–Crippen LogP) is -11.2. The van der Waals surface area contributed by atoms with Crippen LogP contribution in [0.1, 0.15) is 43.5 Å². The minimum Gasteiger partial charge on any atom is -0.548 e. The molecular formula is C37H58N7O18-3. The lowest BCUT2D eigenvalue weighted by Gasteiger charge is -2.40. The van der Waals surface area contributed by atoms with Crippen molar-refractivity contribution < 1.29 is 90.0 Å². The van der Waals surface area contributed by atoms with Crippen molar-refractivity contribution in [1.29, 1.82) is 0 Å². The average molecular weight is 889 g/mol. The Labute approximate surface area is 356 Å². The molecule has 0 spiro atoms. The Kier molecular flexibility index (Phi) is 22.1. The Bertz CT molecular complexity index is 1600. The molecule has 25 nitrogen and oxygen atoms in total. The Balaban J connectivity index is 2.63. The second-order valence-electron chi connectivity index (χ2n) is 15.3. The van der Waals surface area contributed by atoms with Gasteiger partial charge >= 0.3 is 0 Å². The van der Waals surface area contributed by atoms with E-state index in [9.17, 15) is 90.0 Å². The number of aromatic nitrogens is 1. The van der Waals surface area contributed by atoms with E-state index in [1.807, 2.05) is 0 Å². The molecule has 62 heavy (non-hydrogen) atoms. The lowest BCUT2D eigenvalue weighted by atomic mass is 10.0. The number of aliphatic carboxylic acids is 3. The predicted molar refractivity (Wildman–Crippen MR) is 202 cm³/mol. The monoisotopic (exact) mass is 888 g/mol. The molecule has 0 aliphatic carbocycles. The summed E-state index contributed by atoms with van der Waals surface area (Å²) in [6, 6.07) is -0.511. The number of nitrogens with zero attached hydrogens (tertiary/aromatic N) is 4. The van der Waals surface area contributed by atoms with Crippen molar-refractivity contribution in [3.8, 4) is 0 Å². The summed E-state index contributed by atoms with van der Waals surface area (Å²) in [5.41, 5.74) is -5.18. The fourth-order valence-corrected chi connectivity index (χ4v) is 6.59. The lowest BCUT2D eigenvalue weighted by Crippen LogP contribution is -2.59. The minimum absolute atomic E-state index is 0.183. The van der Waals surface area contributed by atoms with Crippen LogP contribution < -0.4 is 31.3 Å². The molecule has 25 heteroatoms. The number of hydrogen-bond donors (Lipinski definition) is 12. The highest BCUT2D eigenvalue weighted by atomic mass is 16.4. The standard InChI is InChI=1S/C37H61N7O18/c45-15-35(16-46,17-47)39-29(54)6-4-26(32(57)58)42-8-10-43(27(33(59)60)5-7-30(55)40-36(18-48,19-49)20-50)13-24-2-1-3-25(38-24)14-44(11-9-42)28(34(61)62)12-31(56)41-37(21-51,22-52)23-53/h1-3,26-28,45-53H,4-23H2,(H,39,54)(H,40,55)(H,41,56)(H,57,58)(H,59,60)(H,61,62)/p-3. The van der Waals surface area contributed by atoms with Gasteiger partial charge in [-0.2, -0.15) is 0 Å². The van der Waals surface area contributed by atoms with Crippen LogP contribution >= 0.6 is 0 Å². The number of aliphatic hydroxyl groups is 9. The highest BCUT2D eigenvalue weighted by molar-refractivity contribution is 5.84. The van der Waals surface area contributed by atoms with Gasteiger partial charge in [0.05, 0.1) is 101 Å². The van der Waals surface area contributed by atoms with E-state index < -0.39 is 162 Å². The molecule has 0 radical (unpaired) electrons. The summed E-state index contributed by atoms with van der Waals surface area (Å²) < 4.78 is 0. The van der Waals surface area contributed by atoms with Gasteiger partial charge in [0.2, 0.25) is 17.7 Å². The molecular weight excluding hydrogens is 830 g/mol. The summed E-state index contributed by atoms with van der Waals surface area (Å²) in [6.45, 7) is -9.94. The third kappa shape index (κ3) is 15.4. The van der Waals surface area contributed by atoms with E-state index in [0.29, 0.717) is 0 Å². The van der Waals surface area contributed by atoms with Crippen LogP contribution in [0, 0.1) is 0 Å². The topological polar surface area (TPSA) is 412 Å². The molecule has 0 saturated carbocycles. The van der Waals surface area contributed by atoms with Gasteiger partial charge in [-0.3, -0.25) is 34.1 Å². The maximum absolute atomic E-state index is 13.1. The summed E-state index contributed by atoms with van der Waals surface area (Å²) in [5, 5.41) is 132. The summed E-state index contributed by atoms with van der Waals surface area (Å²) in [7, 11) is 0. The van der Waals surface area contributed by atoms with E-state index in [-0.39, 0.29) is 50.7 Å². The zero-order valence-electron chi connectivity index (χ0n) is 34.1. The first kappa shape index (κ1) is 53.6. The van der Waals surface area contributed by atoms with Crippen LogP contribution in [0.4, 0.5) is 0 Å². The van der Waals surface area contributed by atoms with E-state index in [1.54, 1.807) is 0 Å². The van der Waals surface area contributed by atoms with Crippen molar-refractivity contribution in [1.82, 2.24) is 35.6 Å². The Morgan fingerprint density at radius 1 is 0.516 bits per heavy atom. The third-order valence-electron chi connectivity index (χ3n) is 10.7. The van der Waals surface area contributed by atoms with Crippen LogP contribution in [0.3, 0.4) is 0 Å². The molecule has 0 aromatic carbocycles. The first-order valence-corrected chi connectivity index (χ1v) is 19.6. The van der Waals surface area contributed by atoms with Crippen molar-refractivity contribution in [3.05, 3.63) is 29.6 Å². The first-order chi connectivity index (χ1) is 29.4. The number of aliphatic hydroxyl groups excluding tert-OH is 9. The van der Waals surface area contributed by atoms with E-state index in [2.05, 4.69) is 20.9 Å². The number of carbonyl (C=O) groups is 6. The highest BCUT2D eigenvalue weighted by Gasteiger charge is 2.35. The van der Waals surface area contributed by atoms with Crippen LogP contribution in [0.5, 0.6) is 0 Å². The van der Waals surface area contributed by atoms with Crippen LogP contribution in [0.25, 0.3) is 0 Å². The van der Waals surface area contributed by atoms with Gasteiger partial charge in [-0.25, -0.2) is 0 Å². The number of fused-ring (bicyclic) bond motifs is 2. The van der Waals surface area contributed by atoms with Gasteiger partial charge < -0.3 is 91.6 Å². The van der Waals surface area contributed by atoms with Gasteiger partial charge in [0.15, 0.2) is 0 Å². The van der Waals surface area contributed by atoms with Crippen molar-refractivity contribution in [2.24, 2.45) is 0 Å². The Morgan fingerprint density at radius 3 is 1.16 bits per heavy atom. The number of nitrogens with one attached hydrogen (secondary N) is 3. The van der Waals surface area contributed by atoms with Crippen LogP contribution in [-0.2, 0) is 41.9 Å². The van der Waals surface area contributed by atoms with Crippen molar-refractivity contribution in [2.45, 2.75) is 79.9 Å². The van der Waals surface area contributed by atoms with Crippen LogP contribution in [-0.4, -0.2) is 222 Å². The highest BCUT2D eigenvalue weighted by Crippen LogP contribution is 2.19. The number of pyridine rings is 1. The number of amides is 3. The molecule has 1 aromatic rings. The van der Waals surface area contributed by atoms with E-state index in [1.165, 1.54) is 32.9 Å². The summed E-state index contributed by atoms with van der Waals surface area (Å²) in [6.07, 6.45) is -2.92. The van der Waals surface area contributed by atoms with Crippen LogP contribution in [0.2, 0.25) is 0 Å². The summed E-state index contributed by atoms with van der Waals surface area (Å²) >= 11 is 0. The fourth-order valence-electron chi connectivity index (χ4n) is 6.59. The van der Waals surface area contributed by atoms with Crippen molar-refractivity contribution >= 4 is 35.6 Å². The van der Waals surface area contributed by atoms with E-state index in [0.717, 1.165) is 0 Å².